The summed E-state index contributed by atoms with van der Waals surface area (Å²) in [6.07, 6.45) is 0.554. The number of halogens is 1. The number of rotatable bonds is 8. The van der Waals surface area contributed by atoms with Crippen LogP contribution in [0, 0.1) is 5.82 Å². The standard InChI is InChI=1S/C26H23FN2O3/c1-2-32-22-14-8-19(9-15-22)23-24(28-21-12-10-20(27)11-13-21)26(31)29(25(23)30)17-16-18-6-4-3-5-7-18/h3-15,28H,2,16-17H2,1H3. The first-order valence-electron chi connectivity index (χ1n) is 10.5. The smallest absolute Gasteiger partial charge is 0.278 e. The number of nitrogens with one attached hydrogen (secondary N) is 1. The molecule has 0 aromatic heterocycles. The maximum absolute atomic E-state index is 13.3. The number of ether oxygens (including phenoxy) is 1. The molecule has 0 aliphatic carbocycles. The lowest BCUT2D eigenvalue weighted by Gasteiger charge is -2.15. The topological polar surface area (TPSA) is 58.6 Å². The van der Waals surface area contributed by atoms with Crippen molar-refractivity contribution in [1.82, 2.24) is 4.90 Å². The van der Waals surface area contributed by atoms with Gasteiger partial charge >= 0.3 is 0 Å². The van der Waals surface area contributed by atoms with Crippen LogP contribution >= 0.6 is 0 Å². The van der Waals surface area contributed by atoms with Gasteiger partial charge in [-0.3, -0.25) is 14.5 Å². The average Bonchev–Trinajstić information content (AvgIpc) is 3.04. The zero-order valence-corrected chi connectivity index (χ0v) is 17.7. The van der Waals surface area contributed by atoms with Crippen molar-refractivity contribution in [2.75, 3.05) is 18.5 Å². The zero-order valence-electron chi connectivity index (χ0n) is 17.7. The fraction of sp³-hybridized carbons (Fsp3) is 0.154. The van der Waals surface area contributed by atoms with Crippen molar-refractivity contribution in [3.63, 3.8) is 0 Å². The normalized spacial score (nSPS) is 13.6. The molecule has 0 spiro atoms. The largest absolute Gasteiger partial charge is 0.494 e. The molecule has 0 saturated heterocycles. The molecule has 0 unspecified atom stereocenters. The van der Waals surface area contributed by atoms with Gasteiger partial charge < -0.3 is 10.1 Å². The molecular formula is C26H23FN2O3. The number of amides is 2. The first-order valence-corrected chi connectivity index (χ1v) is 10.5. The van der Waals surface area contributed by atoms with Gasteiger partial charge in [0.15, 0.2) is 0 Å². The summed E-state index contributed by atoms with van der Waals surface area (Å²) in [6.45, 7) is 2.69. The molecule has 3 aromatic carbocycles. The quantitative estimate of drug-likeness (QED) is 0.528. The molecule has 0 saturated carbocycles. The van der Waals surface area contributed by atoms with Crippen LogP contribution in [0.25, 0.3) is 5.57 Å². The molecule has 0 atom stereocenters. The minimum absolute atomic E-state index is 0.179. The lowest BCUT2D eigenvalue weighted by atomic mass is 10.0. The SMILES string of the molecule is CCOc1ccc(C2=C(Nc3ccc(F)cc3)C(=O)N(CCc3ccccc3)C2=O)cc1. The number of nitrogens with zero attached hydrogens (tertiary/aromatic N) is 1. The van der Waals surface area contributed by atoms with E-state index in [2.05, 4.69) is 5.32 Å². The number of carbonyl (C=O) groups excluding carboxylic acids is 2. The van der Waals surface area contributed by atoms with Crippen molar-refractivity contribution in [2.24, 2.45) is 0 Å². The van der Waals surface area contributed by atoms with Crippen LogP contribution in [0.5, 0.6) is 5.75 Å². The van der Waals surface area contributed by atoms with Gasteiger partial charge in [-0.25, -0.2) is 4.39 Å². The summed E-state index contributed by atoms with van der Waals surface area (Å²) in [5, 5.41) is 3.03. The van der Waals surface area contributed by atoms with Crippen molar-refractivity contribution in [1.29, 1.82) is 0 Å². The van der Waals surface area contributed by atoms with E-state index in [4.69, 9.17) is 4.74 Å². The Labute approximate surface area is 186 Å². The maximum Gasteiger partial charge on any atom is 0.278 e. The highest BCUT2D eigenvalue weighted by atomic mass is 19.1. The zero-order chi connectivity index (χ0) is 22.5. The van der Waals surface area contributed by atoms with E-state index in [1.165, 1.54) is 29.2 Å². The Bertz CT molecular complexity index is 1140. The Morgan fingerprint density at radius 1 is 0.875 bits per heavy atom. The van der Waals surface area contributed by atoms with Gasteiger partial charge in [0, 0.05) is 12.2 Å². The first-order chi connectivity index (χ1) is 15.6. The minimum atomic E-state index is -0.404. The van der Waals surface area contributed by atoms with E-state index < -0.39 is 5.91 Å². The lowest BCUT2D eigenvalue weighted by molar-refractivity contribution is -0.136. The fourth-order valence-corrected chi connectivity index (χ4v) is 3.61. The van der Waals surface area contributed by atoms with Crippen molar-refractivity contribution in [3.05, 3.63) is 102 Å². The van der Waals surface area contributed by atoms with Gasteiger partial charge in [0.05, 0.1) is 12.2 Å². The molecule has 32 heavy (non-hydrogen) atoms. The van der Waals surface area contributed by atoms with Crippen LogP contribution in [0.15, 0.2) is 84.6 Å². The molecule has 0 bridgehead atoms. The van der Waals surface area contributed by atoms with Gasteiger partial charge in [0.2, 0.25) is 0 Å². The van der Waals surface area contributed by atoms with Crippen molar-refractivity contribution >= 4 is 23.1 Å². The summed E-state index contributed by atoms with van der Waals surface area (Å²) in [4.78, 5) is 27.8. The highest BCUT2D eigenvalue weighted by molar-refractivity contribution is 6.36. The van der Waals surface area contributed by atoms with Gasteiger partial charge in [-0.05, 0) is 60.9 Å². The second kappa shape index (κ2) is 9.47. The molecule has 5 nitrogen and oxygen atoms in total. The molecule has 2 amide bonds. The minimum Gasteiger partial charge on any atom is -0.494 e. The second-order valence-corrected chi connectivity index (χ2v) is 7.34. The van der Waals surface area contributed by atoms with Crippen molar-refractivity contribution in [2.45, 2.75) is 13.3 Å². The van der Waals surface area contributed by atoms with E-state index >= 15 is 0 Å². The van der Waals surface area contributed by atoms with Gasteiger partial charge in [-0.1, -0.05) is 42.5 Å². The molecule has 6 heteroatoms. The van der Waals surface area contributed by atoms with Crippen molar-refractivity contribution in [3.8, 4) is 5.75 Å². The molecule has 3 aromatic rings. The van der Waals surface area contributed by atoms with Gasteiger partial charge in [0.1, 0.15) is 17.3 Å². The highest BCUT2D eigenvalue weighted by Crippen LogP contribution is 2.31. The summed E-state index contributed by atoms with van der Waals surface area (Å²) in [5.74, 6) is -0.462. The van der Waals surface area contributed by atoms with Crippen LogP contribution in [0.4, 0.5) is 10.1 Å². The molecule has 1 heterocycles. The van der Waals surface area contributed by atoms with Crippen molar-refractivity contribution < 1.29 is 18.7 Å². The number of anilines is 1. The molecule has 1 N–H and O–H groups in total. The van der Waals surface area contributed by atoms with Crippen LogP contribution < -0.4 is 10.1 Å². The third kappa shape index (κ3) is 4.54. The summed E-state index contributed by atoms with van der Waals surface area (Å²) >= 11 is 0. The molecule has 0 fully saturated rings. The van der Waals surface area contributed by atoms with E-state index in [0.717, 1.165) is 5.56 Å². The Morgan fingerprint density at radius 3 is 2.22 bits per heavy atom. The van der Waals surface area contributed by atoms with Crippen LogP contribution in [0.3, 0.4) is 0 Å². The van der Waals surface area contributed by atoms with Gasteiger partial charge in [-0.15, -0.1) is 0 Å². The van der Waals surface area contributed by atoms with E-state index in [9.17, 15) is 14.0 Å². The summed E-state index contributed by atoms with van der Waals surface area (Å²) in [5.41, 5.74) is 2.64. The lowest BCUT2D eigenvalue weighted by Crippen LogP contribution is -2.34. The van der Waals surface area contributed by atoms with Crippen LogP contribution in [0.2, 0.25) is 0 Å². The molecule has 1 aliphatic rings. The van der Waals surface area contributed by atoms with Crippen LogP contribution in [-0.4, -0.2) is 29.9 Å². The monoisotopic (exact) mass is 430 g/mol. The van der Waals surface area contributed by atoms with E-state index in [1.54, 1.807) is 24.3 Å². The number of carbonyl (C=O) groups is 2. The number of hydrogen-bond acceptors (Lipinski definition) is 4. The van der Waals surface area contributed by atoms with E-state index in [1.807, 2.05) is 37.3 Å². The molecule has 4 rings (SSSR count). The second-order valence-electron chi connectivity index (χ2n) is 7.34. The number of benzene rings is 3. The Kier molecular flexibility index (Phi) is 6.31. The highest BCUT2D eigenvalue weighted by Gasteiger charge is 2.38. The third-order valence-corrected chi connectivity index (χ3v) is 5.20. The molecule has 162 valence electrons. The summed E-state index contributed by atoms with van der Waals surface area (Å²) in [7, 11) is 0. The number of imide groups is 1. The van der Waals surface area contributed by atoms with Crippen LogP contribution in [-0.2, 0) is 16.0 Å². The predicted octanol–water partition coefficient (Wildman–Crippen LogP) is 4.66. The van der Waals surface area contributed by atoms with E-state index in [-0.39, 0.29) is 29.5 Å². The average molecular weight is 430 g/mol. The molecule has 1 aliphatic heterocycles. The fourth-order valence-electron chi connectivity index (χ4n) is 3.61. The number of hydrogen-bond donors (Lipinski definition) is 1. The maximum atomic E-state index is 13.3. The Hall–Kier alpha value is -3.93. The Morgan fingerprint density at radius 2 is 1.56 bits per heavy atom. The van der Waals surface area contributed by atoms with E-state index in [0.29, 0.717) is 30.0 Å². The van der Waals surface area contributed by atoms with Crippen LogP contribution in [0.1, 0.15) is 18.1 Å². The van der Waals surface area contributed by atoms with Gasteiger partial charge in [-0.2, -0.15) is 0 Å². The molecular weight excluding hydrogens is 407 g/mol. The Balaban J connectivity index is 1.65. The first kappa shape index (κ1) is 21.3. The van der Waals surface area contributed by atoms with Gasteiger partial charge in [0.25, 0.3) is 11.8 Å². The predicted molar refractivity (Wildman–Crippen MR) is 121 cm³/mol. The molecule has 0 radical (unpaired) electrons. The summed E-state index contributed by atoms with van der Waals surface area (Å²) < 4.78 is 18.8. The third-order valence-electron chi connectivity index (χ3n) is 5.20. The summed E-state index contributed by atoms with van der Waals surface area (Å²) in [6, 6.07) is 22.4.